The van der Waals surface area contributed by atoms with Crippen LogP contribution in [0.2, 0.25) is 0 Å². The van der Waals surface area contributed by atoms with Crippen LogP contribution in [0.5, 0.6) is 0 Å². The number of likely N-dealkylation sites (N-methyl/N-ethyl adjacent to an activating group) is 1. The quantitative estimate of drug-likeness (QED) is 0.533. The van der Waals surface area contributed by atoms with Gasteiger partial charge < -0.3 is 9.64 Å². The first kappa shape index (κ1) is 21.8. The number of thioether (sulfide) groups is 1. The van der Waals surface area contributed by atoms with E-state index in [4.69, 9.17) is 4.74 Å². The third-order valence-corrected chi connectivity index (χ3v) is 6.56. The summed E-state index contributed by atoms with van der Waals surface area (Å²) >= 11 is 1.51. The summed E-state index contributed by atoms with van der Waals surface area (Å²) in [5.74, 6) is 0.321. The normalized spacial score (nSPS) is 20.9. The van der Waals surface area contributed by atoms with Crippen molar-refractivity contribution in [1.82, 2.24) is 20.1 Å². The van der Waals surface area contributed by atoms with E-state index in [0.29, 0.717) is 30.1 Å². The van der Waals surface area contributed by atoms with Crippen LogP contribution in [-0.2, 0) is 15.3 Å². The Balaban J connectivity index is 1.50. The summed E-state index contributed by atoms with van der Waals surface area (Å²) in [6.07, 6.45) is 4.56. The van der Waals surface area contributed by atoms with Crippen molar-refractivity contribution < 1.29 is 14.3 Å². The fourth-order valence-electron chi connectivity index (χ4n) is 3.46. The molecule has 3 rings (SSSR count). The Morgan fingerprint density at radius 3 is 2.63 bits per heavy atom. The Labute approximate surface area is 180 Å². The van der Waals surface area contributed by atoms with Crippen molar-refractivity contribution in [2.45, 2.75) is 49.1 Å². The van der Waals surface area contributed by atoms with Gasteiger partial charge in [0.2, 0.25) is 0 Å². The molecule has 0 radical (unpaired) electrons. The number of carbonyl (C=O) groups is 2. The number of nitriles is 1. The van der Waals surface area contributed by atoms with E-state index in [0.717, 1.165) is 23.6 Å². The topological polar surface area (TPSA) is 112 Å². The molecule has 30 heavy (non-hydrogen) atoms. The summed E-state index contributed by atoms with van der Waals surface area (Å²) in [5.41, 5.74) is 0.588. The van der Waals surface area contributed by atoms with Gasteiger partial charge >= 0.3 is 5.97 Å². The molecule has 8 nitrogen and oxygen atoms in total. The van der Waals surface area contributed by atoms with E-state index >= 15 is 0 Å². The first-order chi connectivity index (χ1) is 14.4. The van der Waals surface area contributed by atoms with E-state index in [9.17, 15) is 14.9 Å². The molecule has 9 heteroatoms. The van der Waals surface area contributed by atoms with Crippen molar-refractivity contribution in [3.05, 3.63) is 41.7 Å². The SMILES string of the molecule is CC1CCC(C#N)(N(C)C(=O)COC(=O)c2ccc(CSc3ncn[nH]3)cc2)CC1. The number of benzene rings is 1. The average Bonchev–Trinajstić information content (AvgIpc) is 3.30. The molecule has 0 aliphatic heterocycles. The average molecular weight is 428 g/mol. The molecule has 2 aromatic rings. The zero-order valence-corrected chi connectivity index (χ0v) is 17.9. The molecule has 0 spiro atoms. The number of hydrogen-bond acceptors (Lipinski definition) is 7. The van der Waals surface area contributed by atoms with E-state index in [1.54, 1.807) is 19.2 Å². The zero-order chi connectivity index (χ0) is 21.6. The van der Waals surface area contributed by atoms with Gasteiger partial charge in [0.1, 0.15) is 11.9 Å². The number of aromatic amines is 1. The third kappa shape index (κ3) is 5.19. The number of nitrogens with zero attached hydrogens (tertiary/aromatic N) is 4. The van der Waals surface area contributed by atoms with E-state index in [1.165, 1.54) is 23.0 Å². The highest BCUT2D eigenvalue weighted by Crippen LogP contribution is 2.35. The van der Waals surface area contributed by atoms with Crippen LogP contribution >= 0.6 is 11.8 Å². The van der Waals surface area contributed by atoms with Gasteiger partial charge in [-0.2, -0.15) is 10.4 Å². The van der Waals surface area contributed by atoms with Crippen molar-refractivity contribution in [2.24, 2.45) is 5.92 Å². The highest BCUT2D eigenvalue weighted by molar-refractivity contribution is 7.98. The Bertz CT molecular complexity index is 900. The monoisotopic (exact) mass is 427 g/mol. The zero-order valence-electron chi connectivity index (χ0n) is 17.1. The number of rotatable bonds is 7. The minimum Gasteiger partial charge on any atom is -0.452 e. The second kappa shape index (κ2) is 9.76. The third-order valence-electron chi connectivity index (χ3n) is 5.61. The molecule has 1 heterocycles. The number of amides is 1. The molecule has 0 atom stereocenters. The summed E-state index contributed by atoms with van der Waals surface area (Å²) in [6.45, 7) is 1.78. The number of hydrogen-bond donors (Lipinski definition) is 1. The maximum Gasteiger partial charge on any atom is 0.338 e. The lowest BCUT2D eigenvalue weighted by Crippen LogP contribution is -2.51. The molecule has 0 unspecified atom stereocenters. The van der Waals surface area contributed by atoms with Gasteiger partial charge in [0.05, 0.1) is 11.6 Å². The summed E-state index contributed by atoms with van der Waals surface area (Å²) in [4.78, 5) is 30.4. The number of nitrogens with one attached hydrogen (secondary N) is 1. The van der Waals surface area contributed by atoms with Gasteiger partial charge in [-0.05, 0) is 49.3 Å². The Hall–Kier alpha value is -2.86. The van der Waals surface area contributed by atoms with Crippen LogP contribution in [-0.4, -0.2) is 51.2 Å². The van der Waals surface area contributed by atoms with Gasteiger partial charge in [0.15, 0.2) is 11.8 Å². The number of carbonyl (C=O) groups excluding carboxylic acids is 2. The highest BCUT2D eigenvalue weighted by atomic mass is 32.2. The van der Waals surface area contributed by atoms with Crippen LogP contribution in [0.25, 0.3) is 0 Å². The van der Waals surface area contributed by atoms with E-state index in [1.807, 2.05) is 12.1 Å². The van der Waals surface area contributed by atoms with Crippen LogP contribution in [0.4, 0.5) is 0 Å². The summed E-state index contributed by atoms with van der Waals surface area (Å²) in [6, 6.07) is 9.33. The largest absolute Gasteiger partial charge is 0.452 e. The number of esters is 1. The predicted molar refractivity (Wildman–Crippen MR) is 111 cm³/mol. The molecular formula is C21H25N5O3S. The molecular weight excluding hydrogens is 402 g/mol. The van der Waals surface area contributed by atoms with E-state index in [-0.39, 0.29) is 12.5 Å². The van der Waals surface area contributed by atoms with Crippen molar-refractivity contribution in [3.8, 4) is 6.07 Å². The Morgan fingerprint density at radius 2 is 2.03 bits per heavy atom. The first-order valence-corrected chi connectivity index (χ1v) is 10.8. The molecule has 1 aromatic carbocycles. The lowest BCUT2D eigenvalue weighted by atomic mass is 9.77. The molecule has 1 aliphatic rings. The summed E-state index contributed by atoms with van der Waals surface area (Å²) in [7, 11) is 1.62. The van der Waals surface area contributed by atoms with Crippen molar-refractivity contribution in [3.63, 3.8) is 0 Å². The standard InChI is InChI=1S/C21H25N5O3S/c1-15-7-9-21(13-22,10-8-15)26(2)18(27)11-29-19(28)17-5-3-16(4-6-17)12-30-20-23-14-24-25-20/h3-6,14-15H,7-12H2,1-2H3,(H,23,24,25). The van der Waals surface area contributed by atoms with Gasteiger partial charge in [-0.15, -0.1) is 0 Å². The van der Waals surface area contributed by atoms with E-state index in [2.05, 4.69) is 28.2 Å². The molecule has 0 bridgehead atoms. The second-order valence-corrected chi connectivity index (χ2v) is 8.60. The minimum absolute atomic E-state index is 0.362. The number of ether oxygens (including phenoxy) is 1. The van der Waals surface area contributed by atoms with Gasteiger partial charge in [-0.3, -0.25) is 9.89 Å². The maximum atomic E-state index is 12.6. The van der Waals surface area contributed by atoms with Crippen molar-refractivity contribution >= 4 is 23.6 Å². The van der Waals surface area contributed by atoms with Crippen LogP contribution in [0.3, 0.4) is 0 Å². The maximum absolute atomic E-state index is 12.6. The van der Waals surface area contributed by atoms with Crippen LogP contribution in [0, 0.1) is 17.2 Å². The molecule has 1 N–H and O–H groups in total. The fourth-order valence-corrected chi connectivity index (χ4v) is 4.20. The lowest BCUT2D eigenvalue weighted by molar-refractivity contribution is -0.138. The summed E-state index contributed by atoms with van der Waals surface area (Å²) < 4.78 is 5.20. The summed E-state index contributed by atoms with van der Waals surface area (Å²) in [5, 5.41) is 17.0. The molecule has 1 saturated carbocycles. The van der Waals surface area contributed by atoms with Crippen LogP contribution < -0.4 is 0 Å². The Kier molecular flexibility index (Phi) is 7.11. The molecule has 1 aromatic heterocycles. The molecule has 1 aliphatic carbocycles. The molecule has 0 saturated heterocycles. The van der Waals surface area contributed by atoms with Gasteiger partial charge in [-0.1, -0.05) is 30.8 Å². The van der Waals surface area contributed by atoms with Crippen molar-refractivity contribution in [1.29, 1.82) is 5.26 Å². The number of aromatic nitrogens is 3. The van der Waals surface area contributed by atoms with Gasteiger partial charge in [0.25, 0.3) is 5.91 Å². The minimum atomic E-state index is -0.807. The predicted octanol–water partition coefficient (Wildman–Crippen LogP) is 3.18. The van der Waals surface area contributed by atoms with Gasteiger partial charge in [-0.25, -0.2) is 9.78 Å². The Morgan fingerprint density at radius 1 is 1.33 bits per heavy atom. The molecule has 1 fully saturated rings. The smallest absolute Gasteiger partial charge is 0.338 e. The second-order valence-electron chi connectivity index (χ2n) is 7.63. The van der Waals surface area contributed by atoms with E-state index < -0.39 is 11.5 Å². The fraction of sp³-hybridized carbons (Fsp3) is 0.476. The highest BCUT2D eigenvalue weighted by Gasteiger charge is 2.40. The van der Waals surface area contributed by atoms with Crippen molar-refractivity contribution in [2.75, 3.05) is 13.7 Å². The molecule has 158 valence electrons. The lowest BCUT2D eigenvalue weighted by Gasteiger charge is -2.40. The molecule has 1 amide bonds. The number of H-pyrrole nitrogens is 1. The van der Waals surface area contributed by atoms with Crippen LogP contribution in [0.15, 0.2) is 35.7 Å². The van der Waals surface area contributed by atoms with Crippen LogP contribution in [0.1, 0.15) is 48.5 Å². The first-order valence-electron chi connectivity index (χ1n) is 9.85. The van der Waals surface area contributed by atoms with Gasteiger partial charge in [0, 0.05) is 12.8 Å².